The summed E-state index contributed by atoms with van der Waals surface area (Å²) in [4.78, 5) is 25.3. The van der Waals surface area contributed by atoms with Crippen molar-refractivity contribution in [2.45, 2.75) is 6.10 Å². The van der Waals surface area contributed by atoms with Gasteiger partial charge in [-0.1, -0.05) is 0 Å². The van der Waals surface area contributed by atoms with Crippen LogP contribution in [0.5, 0.6) is 0 Å². The molecule has 4 rings (SSSR count). The molecule has 27 heavy (non-hydrogen) atoms. The van der Waals surface area contributed by atoms with Crippen LogP contribution in [0.4, 0.5) is 11.6 Å². The second-order valence-electron chi connectivity index (χ2n) is 7.54. The number of fused-ring (bicyclic) bond motifs is 1. The zero-order valence-corrected chi connectivity index (χ0v) is 16.0. The number of aromatic nitrogens is 3. The molecule has 8 heteroatoms. The molecule has 0 saturated carbocycles. The molecule has 2 aromatic rings. The van der Waals surface area contributed by atoms with Gasteiger partial charge in [-0.15, -0.1) is 0 Å². The first-order chi connectivity index (χ1) is 13.0. The molecule has 2 aromatic heterocycles. The van der Waals surface area contributed by atoms with E-state index in [1.165, 1.54) is 0 Å². The number of hydrogen-bond donors (Lipinski definition) is 1. The van der Waals surface area contributed by atoms with Crippen LogP contribution >= 0.6 is 0 Å². The van der Waals surface area contributed by atoms with Gasteiger partial charge >= 0.3 is 0 Å². The largest absolute Gasteiger partial charge is 0.376 e. The fourth-order valence-electron chi connectivity index (χ4n) is 3.96. The molecule has 8 nitrogen and oxygen atoms in total. The fourth-order valence-corrected chi connectivity index (χ4v) is 3.96. The van der Waals surface area contributed by atoms with Gasteiger partial charge in [0.2, 0.25) is 0 Å². The van der Waals surface area contributed by atoms with E-state index in [4.69, 9.17) is 4.74 Å². The molecular formula is C19H26N6O2. The van der Waals surface area contributed by atoms with Crippen LogP contribution in [0.2, 0.25) is 0 Å². The molecule has 0 bridgehead atoms. The quantitative estimate of drug-likeness (QED) is 0.838. The smallest absolute Gasteiger partial charge is 0.267 e. The maximum absolute atomic E-state index is 12.4. The van der Waals surface area contributed by atoms with E-state index in [0.29, 0.717) is 30.7 Å². The third kappa shape index (κ3) is 3.49. The molecule has 1 amide bonds. The molecule has 2 fully saturated rings. The number of anilines is 2. The molecule has 144 valence electrons. The molecule has 4 heterocycles. The van der Waals surface area contributed by atoms with Crippen LogP contribution in [0.15, 0.2) is 30.7 Å². The summed E-state index contributed by atoms with van der Waals surface area (Å²) in [6.45, 7) is 3.05. The number of carbonyl (C=O) groups is 1. The van der Waals surface area contributed by atoms with Crippen molar-refractivity contribution in [3.63, 3.8) is 0 Å². The van der Waals surface area contributed by atoms with Gasteiger partial charge in [-0.3, -0.25) is 4.79 Å². The number of rotatable bonds is 5. The molecule has 3 atom stereocenters. The highest BCUT2D eigenvalue weighted by molar-refractivity contribution is 5.92. The Morgan fingerprint density at radius 3 is 2.96 bits per heavy atom. The number of nitrogens with one attached hydrogen (secondary N) is 1. The first-order valence-corrected chi connectivity index (χ1v) is 9.28. The lowest BCUT2D eigenvalue weighted by Gasteiger charge is -2.22. The Kier molecular flexibility index (Phi) is 4.73. The summed E-state index contributed by atoms with van der Waals surface area (Å²) in [6.07, 6.45) is 3.68. The van der Waals surface area contributed by atoms with Crippen LogP contribution in [-0.2, 0) is 11.8 Å². The zero-order chi connectivity index (χ0) is 19.0. The maximum atomic E-state index is 12.4. The van der Waals surface area contributed by atoms with Crippen LogP contribution in [0.1, 0.15) is 10.5 Å². The highest BCUT2D eigenvalue weighted by Crippen LogP contribution is 2.35. The van der Waals surface area contributed by atoms with Gasteiger partial charge in [0.25, 0.3) is 5.91 Å². The minimum Gasteiger partial charge on any atom is -0.376 e. The SMILES string of the molecule is CN(C)c1cc(N2C[C@H]3[C@H](CNC(=O)c4cccn4C)CO[C@H]3C2)ncn1. The van der Waals surface area contributed by atoms with Gasteiger partial charge in [0, 0.05) is 64.9 Å². The van der Waals surface area contributed by atoms with Crippen molar-refractivity contribution in [1.29, 1.82) is 0 Å². The number of amides is 1. The van der Waals surface area contributed by atoms with Gasteiger partial charge < -0.3 is 24.4 Å². The van der Waals surface area contributed by atoms with Crippen molar-refractivity contribution in [3.8, 4) is 0 Å². The van der Waals surface area contributed by atoms with Crippen molar-refractivity contribution >= 4 is 17.5 Å². The van der Waals surface area contributed by atoms with Gasteiger partial charge in [-0.2, -0.15) is 0 Å². The monoisotopic (exact) mass is 370 g/mol. The predicted octanol–water partition coefficient (Wildman–Crippen LogP) is 0.762. The van der Waals surface area contributed by atoms with Crippen molar-refractivity contribution in [1.82, 2.24) is 19.9 Å². The van der Waals surface area contributed by atoms with E-state index >= 15 is 0 Å². The molecule has 2 aliphatic heterocycles. The average molecular weight is 370 g/mol. The number of nitrogens with zero attached hydrogens (tertiary/aromatic N) is 5. The molecule has 0 radical (unpaired) electrons. The van der Waals surface area contributed by atoms with Crippen LogP contribution < -0.4 is 15.1 Å². The van der Waals surface area contributed by atoms with Gasteiger partial charge in [0.1, 0.15) is 23.7 Å². The van der Waals surface area contributed by atoms with Crippen molar-refractivity contribution < 1.29 is 9.53 Å². The van der Waals surface area contributed by atoms with Gasteiger partial charge in [0.15, 0.2) is 0 Å². The summed E-state index contributed by atoms with van der Waals surface area (Å²) in [5.41, 5.74) is 0.677. The molecule has 0 aliphatic carbocycles. The number of ether oxygens (including phenoxy) is 1. The standard InChI is InChI=1S/C19H26N6O2/c1-23(2)17-7-18(22-12-21-17)25-9-14-13(11-27-16(14)10-25)8-20-19(26)15-5-4-6-24(15)3/h4-7,12-14,16H,8-11H2,1-3H3,(H,20,26)/t13-,14+,16+/m1/s1. The summed E-state index contributed by atoms with van der Waals surface area (Å²) in [5, 5.41) is 3.07. The Balaban J connectivity index is 1.38. The third-order valence-electron chi connectivity index (χ3n) is 5.56. The number of hydrogen-bond acceptors (Lipinski definition) is 6. The van der Waals surface area contributed by atoms with Crippen LogP contribution in [0, 0.1) is 11.8 Å². The summed E-state index contributed by atoms with van der Waals surface area (Å²) in [6, 6.07) is 5.72. The van der Waals surface area contributed by atoms with E-state index in [1.807, 2.05) is 55.0 Å². The first-order valence-electron chi connectivity index (χ1n) is 9.28. The van der Waals surface area contributed by atoms with Gasteiger partial charge in [-0.25, -0.2) is 9.97 Å². The Bertz CT molecular complexity index is 820. The molecule has 1 N–H and O–H groups in total. The Morgan fingerprint density at radius 1 is 1.37 bits per heavy atom. The number of carbonyl (C=O) groups excluding carboxylic acids is 1. The second kappa shape index (κ2) is 7.19. The van der Waals surface area contributed by atoms with Crippen LogP contribution in [0.3, 0.4) is 0 Å². The second-order valence-corrected chi connectivity index (χ2v) is 7.54. The van der Waals surface area contributed by atoms with E-state index in [1.54, 1.807) is 6.33 Å². The van der Waals surface area contributed by atoms with Gasteiger partial charge in [-0.05, 0) is 12.1 Å². The Hall–Kier alpha value is -2.61. The minimum absolute atomic E-state index is 0.0350. The van der Waals surface area contributed by atoms with E-state index < -0.39 is 0 Å². The summed E-state index contributed by atoms with van der Waals surface area (Å²) in [5.74, 6) is 2.51. The van der Waals surface area contributed by atoms with Crippen LogP contribution in [-0.4, -0.2) is 66.9 Å². The highest BCUT2D eigenvalue weighted by Gasteiger charge is 2.44. The molecular weight excluding hydrogens is 344 g/mol. The van der Waals surface area contributed by atoms with E-state index in [-0.39, 0.29) is 12.0 Å². The van der Waals surface area contributed by atoms with E-state index in [0.717, 1.165) is 24.7 Å². The molecule has 0 spiro atoms. The van der Waals surface area contributed by atoms with Crippen LogP contribution in [0.25, 0.3) is 0 Å². The predicted molar refractivity (Wildman–Crippen MR) is 103 cm³/mol. The fraction of sp³-hybridized carbons (Fsp3) is 0.526. The lowest BCUT2D eigenvalue weighted by atomic mass is 9.93. The number of aryl methyl sites for hydroxylation is 1. The summed E-state index contributed by atoms with van der Waals surface area (Å²) >= 11 is 0. The topological polar surface area (TPSA) is 75.5 Å². The van der Waals surface area contributed by atoms with Crippen molar-refractivity contribution in [2.24, 2.45) is 18.9 Å². The van der Waals surface area contributed by atoms with Crippen molar-refractivity contribution in [3.05, 3.63) is 36.4 Å². The molecule has 2 saturated heterocycles. The lowest BCUT2D eigenvalue weighted by molar-refractivity contribution is 0.0932. The lowest BCUT2D eigenvalue weighted by Crippen LogP contribution is -2.35. The summed E-state index contributed by atoms with van der Waals surface area (Å²) in [7, 11) is 5.82. The van der Waals surface area contributed by atoms with Crippen molar-refractivity contribution in [2.75, 3.05) is 50.1 Å². The first kappa shape index (κ1) is 17.8. The highest BCUT2D eigenvalue weighted by atomic mass is 16.5. The normalized spacial score (nSPS) is 24.1. The molecule has 0 unspecified atom stereocenters. The minimum atomic E-state index is -0.0350. The molecule has 0 aromatic carbocycles. The van der Waals surface area contributed by atoms with E-state index in [2.05, 4.69) is 20.2 Å². The Morgan fingerprint density at radius 2 is 2.22 bits per heavy atom. The third-order valence-corrected chi connectivity index (χ3v) is 5.56. The average Bonchev–Trinajstić information content (AvgIpc) is 3.35. The van der Waals surface area contributed by atoms with E-state index in [9.17, 15) is 4.79 Å². The maximum Gasteiger partial charge on any atom is 0.267 e. The Labute approximate surface area is 159 Å². The summed E-state index contributed by atoms with van der Waals surface area (Å²) < 4.78 is 7.85. The zero-order valence-electron chi connectivity index (χ0n) is 16.0. The van der Waals surface area contributed by atoms with Gasteiger partial charge in [0.05, 0.1) is 12.7 Å². The molecule has 2 aliphatic rings.